The van der Waals surface area contributed by atoms with Gasteiger partial charge in [-0.2, -0.15) is 0 Å². The van der Waals surface area contributed by atoms with E-state index in [1.807, 2.05) is 0 Å². The highest BCUT2D eigenvalue weighted by molar-refractivity contribution is 5.96. The number of fused-ring (bicyclic) bond motifs is 5. The average Bonchev–Trinajstić information content (AvgIpc) is 3.31. The quantitative estimate of drug-likeness (QED) is 0.0967. The highest BCUT2D eigenvalue weighted by Crippen LogP contribution is 2.64. The molecule has 11 atom stereocenters. The fourth-order valence-corrected chi connectivity index (χ4v) is 11.0. The first-order valence-electron chi connectivity index (χ1n) is 23.1. The molecule has 3 aliphatic carbocycles. The minimum atomic E-state index is -2.50. The van der Waals surface area contributed by atoms with Gasteiger partial charge >= 0.3 is 35.8 Å². The Balaban J connectivity index is 1.42. The number of benzene rings is 3. The van der Waals surface area contributed by atoms with Gasteiger partial charge in [-0.15, -0.1) is 0 Å². The molecule has 1 heterocycles. The van der Waals surface area contributed by atoms with Gasteiger partial charge in [0, 0.05) is 37.7 Å². The molecule has 3 aromatic rings. The van der Waals surface area contributed by atoms with E-state index >= 15 is 9.59 Å². The Morgan fingerprint density at radius 2 is 1.42 bits per heavy atom. The minimum absolute atomic E-state index is 0.0231. The molecule has 3 aromatic carbocycles. The molecule has 3 fully saturated rings. The van der Waals surface area contributed by atoms with Crippen LogP contribution in [0.15, 0.2) is 102 Å². The molecule has 71 heavy (non-hydrogen) atoms. The van der Waals surface area contributed by atoms with Crippen LogP contribution in [0.2, 0.25) is 0 Å². The van der Waals surface area contributed by atoms with E-state index in [1.54, 1.807) is 66.7 Å². The van der Waals surface area contributed by atoms with Crippen molar-refractivity contribution >= 4 is 47.5 Å². The van der Waals surface area contributed by atoms with Crippen molar-refractivity contribution in [3.05, 3.63) is 119 Å². The van der Waals surface area contributed by atoms with Crippen LogP contribution >= 0.6 is 0 Å². The maximum atomic E-state index is 15.7. The number of carbonyl (C=O) groups excluding carboxylic acids is 7. The number of aliphatic carboxylic acids is 1. The number of hydrogen-bond donors (Lipinski definition) is 4. The molecule has 0 unspecified atom stereocenters. The third-order valence-electron chi connectivity index (χ3n) is 14.5. The van der Waals surface area contributed by atoms with Gasteiger partial charge in [0.05, 0.1) is 42.7 Å². The second-order valence-electron chi connectivity index (χ2n) is 19.4. The predicted octanol–water partition coefficient (Wildman–Crippen LogP) is 3.30. The number of Topliss-reactive ketones (excluding diaryl/α,β-unsaturated/α-hetero) is 1. The monoisotopic (exact) mass is 982 g/mol. The van der Waals surface area contributed by atoms with Crippen LogP contribution in [-0.2, 0) is 57.2 Å². The smallest absolute Gasteiger partial charge is 0.350 e. The lowest BCUT2D eigenvalue weighted by atomic mass is 9.44. The van der Waals surface area contributed by atoms with Gasteiger partial charge in [-0.05, 0) is 61.9 Å². The van der Waals surface area contributed by atoms with Gasteiger partial charge in [0.15, 0.2) is 17.5 Å². The number of aliphatic hydroxyl groups excluding tert-OH is 1. The fourth-order valence-electron chi connectivity index (χ4n) is 11.0. The predicted molar refractivity (Wildman–Crippen MR) is 247 cm³/mol. The topological polar surface area (TPSA) is 268 Å². The number of carboxylic acid groups (broad SMARTS) is 1. The number of aliphatic hydroxyl groups is 2. The summed E-state index contributed by atoms with van der Waals surface area (Å²) in [6.45, 7) is 6.50. The van der Waals surface area contributed by atoms with E-state index in [4.69, 9.17) is 28.4 Å². The SMILES string of the molecule is CC(=O)O[C@H]1C(=O)[C@@]2(C)[C@H]([C@H](OC(=O)c3ccccc3)[C@]3(O)C[C@H](OC(=O)[C@H](OC(=O)CN(C)CC(=O)O)[C@@H](NC(=O)c4ccccc4)c4ccccc4)C(C)=C1C3(C)C)[C@]1(OC(C)=O)CO[C@@H]1C[C@@H]2O. The van der Waals surface area contributed by atoms with Crippen molar-refractivity contribution < 1.29 is 82.1 Å². The molecule has 1 aliphatic heterocycles. The molecule has 0 radical (unpaired) electrons. The summed E-state index contributed by atoms with van der Waals surface area (Å²) in [6.07, 6.45) is -11.1. The normalized spacial score (nSPS) is 29.2. The number of ketones is 1. The van der Waals surface area contributed by atoms with E-state index < -0.39 is 138 Å². The van der Waals surface area contributed by atoms with Gasteiger partial charge in [0.25, 0.3) is 5.91 Å². The van der Waals surface area contributed by atoms with Crippen LogP contribution in [0.1, 0.15) is 86.7 Å². The van der Waals surface area contributed by atoms with E-state index in [1.165, 1.54) is 59.0 Å². The Kier molecular flexibility index (Phi) is 14.8. The highest BCUT2D eigenvalue weighted by Gasteiger charge is 2.78. The maximum absolute atomic E-state index is 15.7. The lowest BCUT2D eigenvalue weighted by molar-refractivity contribution is -0.346. The fraction of sp³-hybridized carbons (Fsp3) is 0.462. The third kappa shape index (κ3) is 9.70. The average molecular weight is 983 g/mol. The molecule has 7 rings (SSSR count). The molecule has 0 spiro atoms. The summed E-state index contributed by atoms with van der Waals surface area (Å²) in [5, 5.41) is 38.3. The second kappa shape index (κ2) is 20.1. The van der Waals surface area contributed by atoms with Crippen LogP contribution in [0.25, 0.3) is 0 Å². The number of ether oxygens (including phenoxy) is 6. The van der Waals surface area contributed by atoms with Gasteiger partial charge in [0.2, 0.25) is 6.10 Å². The number of amides is 1. The van der Waals surface area contributed by atoms with E-state index in [-0.39, 0.29) is 40.9 Å². The van der Waals surface area contributed by atoms with E-state index in [2.05, 4.69) is 5.32 Å². The van der Waals surface area contributed by atoms with Crippen molar-refractivity contribution in [2.24, 2.45) is 16.7 Å². The Morgan fingerprint density at radius 3 is 1.97 bits per heavy atom. The summed E-state index contributed by atoms with van der Waals surface area (Å²) in [7, 11) is 1.33. The zero-order valence-electron chi connectivity index (χ0n) is 40.3. The molecule has 2 saturated carbocycles. The Morgan fingerprint density at radius 1 is 0.831 bits per heavy atom. The van der Waals surface area contributed by atoms with Crippen molar-refractivity contribution in [2.45, 2.75) is 108 Å². The zero-order valence-corrected chi connectivity index (χ0v) is 40.3. The highest BCUT2D eigenvalue weighted by atomic mass is 16.6. The van der Waals surface area contributed by atoms with Crippen molar-refractivity contribution in [3.63, 3.8) is 0 Å². The first-order chi connectivity index (χ1) is 33.5. The van der Waals surface area contributed by atoms with Crippen molar-refractivity contribution in [3.8, 4) is 0 Å². The maximum Gasteiger partial charge on any atom is 0.350 e. The zero-order chi connectivity index (χ0) is 51.8. The number of rotatable bonds is 15. The lowest BCUT2D eigenvalue weighted by Crippen LogP contribution is -2.82. The summed E-state index contributed by atoms with van der Waals surface area (Å²) in [4.78, 5) is 112. The van der Waals surface area contributed by atoms with Crippen LogP contribution in [0.4, 0.5) is 0 Å². The molecule has 1 saturated heterocycles. The number of nitrogens with one attached hydrogen (secondary N) is 1. The summed E-state index contributed by atoms with van der Waals surface area (Å²) < 4.78 is 36.5. The molecular weight excluding hydrogens is 925 g/mol. The van der Waals surface area contributed by atoms with Gasteiger partial charge in [0.1, 0.15) is 30.0 Å². The summed E-state index contributed by atoms with van der Waals surface area (Å²) >= 11 is 0. The first kappa shape index (κ1) is 52.0. The molecule has 4 N–H and O–H groups in total. The number of likely N-dealkylation sites (N-methyl/N-ethyl adjacent to an activating group) is 1. The molecule has 378 valence electrons. The number of carbonyl (C=O) groups is 8. The first-order valence-corrected chi connectivity index (χ1v) is 23.1. The second-order valence-corrected chi connectivity index (χ2v) is 19.4. The Bertz CT molecular complexity index is 2600. The largest absolute Gasteiger partial charge is 0.480 e. The van der Waals surface area contributed by atoms with Crippen LogP contribution in [-0.4, -0.2) is 142 Å². The third-order valence-corrected chi connectivity index (χ3v) is 14.5. The van der Waals surface area contributed by atoms with E-state index in [0.717, 1.165) is 18.7 Å². The molecule has 19 nitrogen and oxygen atoms in total. The molecular formula is C52H58N2O17. The van der Waals surface area contributed by atoms with Crippen molar-refractivity contribution in [1.29, 1.82) is 0 Å². The van der Waals surface area contributed by atoms with Crippen LogP contribution < -0.4 is 5.32 Å². The number of hydrogen-bond acceptors (Lipinski definition) is 17. The van der Waals surface area contributed by atoms with Gasteiger partial charge in [-0.25, -0.2) is 9.59 Å². The van der Waals surface area contributed by atoms with Crippen molar-refractivity contribution in [2.75, 3.05) is 26.7 Å². The molecule has 1 amide bonds. The Hall–Kier alpha value is -6.80. The number of carboxylic acids is 1. The van der Waals surface area contributed by atoms with Crippen LogP contribution in [0.3, 0.4) is 0 Å². The molecule has 19 heteroatoms. The summed E-state index contributed by atoms with van der Waals surface area (Å²) in [5.74, 6) is -9.62. The molecule has 2 bridgehead atoms. The van der Waals surface area contributed by atoms with Crippen molar-refractivity contribution in [1.82, 2.24) is 10.2 Å². The number of nitrogens with zero attached hydrogens (tertiary/aromatic N) is 1. The molecule has 0 aromatic heterocycles. The summed E-state index contributed by atoms with van der Waals surface area (Å²) in [6, 6.07) is 22.2. The van der Waals surface area contributed by atoms with E-state index in [0.29, 0.717) is 0 Å². The van der Waals surface area contributed by atoms with Gasteiger partial charge in [-0.3, -0.25) is 33.7 Å². The minimum Gasteiger partial charge on any atom is -0.480 e. The Labute approximate surface area is 409 Å². The van der Waals surface area contributed by atoms with Gasteiger partial charge < -0.3 is 49.1 Å². The van der Waals surface area contributed by atoms with E-state index in [9.17, 15) is 44.1 Å². The number of esters is 5. The standard InChI is InChI=1S/C52H58N2O17/c1-28-34(68-48(64)42(69-38(60)26-54(7)25-37(58)59)40(31-17-11-8-12-18-31)53-46(62)32-19-13-9-14-20-32)24-52(65)45(70-47(63)33-21-15-10-16-22-33)43-50(6,35(57)23-36-51(43,27-66-36)71-30(3)56)44(61)41(67-29(2)55)39(28)49(52,4)5/h8-22,34-36,40-43,45,57,65H,23-27H2,1-7H3,(H,53,62)(H,58,59)/t34-,35-,36+,40-,41+,42+,43-,45-,50+,51-,52+/m0/s1. The molecule has 4 aliphatic rings. The van der Waals surface area contributed by atoms with Crippen LogP contribution in [0.5, 0.6) is 0 Å². The summed E-state index contributed by atoms with van der Waals surface area (Å²) in [5.41, 5.74) is -7.75. The lowest BCUT2D eigenvalue weighted by Gasteiger charge is -2.67. The van der Waals surface area contributed by atoms with Crippen LogP contribution in [0, 0.1) is 16.7 Å². The van der Waals surface area contributed by atoms with Gasteiger partial charge in [-0.1, -0.05) is 80.6 Å².